The van der Waals surface area contributed by atoms with Gasteiger partial charge in [-0.3, -0.25) is 0 Å². The third kappa shape index (κ3) is 5.45. The summed E-state index contributed by atoms with van der Waals surface area (Å²) in [7, 11) is 0. The van der Waals surface area contributed by atoms with E-state index in [2.05, 4.69) is 61.7 Å². The number of hydrogen-bond donors (Lipinski definition) is 0. The fourth-order valence-electron chi connectivity index (χ4n) is 6.43. The first kappa shape index (κ1) is 30.3. The molecule has 0 radical (unpaired) electrons. The van der Waals surface area contributed by atoms with E-state index in [4.69, 9.17) is 15.0 Å². The molecule has 0 saturated heterocycles. The van der Waals surface area contributed by atoms with E-state index in [1.807, 2.05) is 84.9 Å². The molecule has 0 atom stereocenters. The third-order valence-electron chi connectivity index (χ3n) is 8.98. The molecule has 0 bridgehead atoms. The minimum atomic E-state index is -0.905. The molecule has 0 N–H and O–H groups in total. The van der Waals surface area contributed by atoms with Gasteiger partial charge in [-0.05, 0) is 52.9 Å². The Morgan fingerprint density at radius 1 is 0.490 bits per heavy atom. The summed E-state index contributed by atoms with van der Waals surface area (Å²) in [6, 6.07) is 44.4. The van der Waals surface area contributed by atoms with Gasteiger partial charge in [-0.1, -0.05) is 124 Å². The van der Waals surface area contributed by atoms with Gasteiger partial charge in [-0.2, -0.15) is 0 Å². The molecule has 2 aromatic heterocycles. The maximum atomic E-state index is 15.3. The number of hydrogen-bond acceptors (Lipinski definition) is 3. The lowest BCUT2D eigenvalue weighted by molar-refractivity contribution is 0.511. The quantitative estimate of drug-likeness (QED) is 0.188. The zero-order valence-electron chi connectivity index (χ0n) is 27.3. The van der Waals surface area contributed by atoms with Gasteiger partial charge < -0.3 is 4.57 Å². The van der Waals surface area contributed by atoms with Crippen LogP contribution in [0.2, 0.25) is 0 Å². The summed E-state index contributed by atoms with van der Waals surface area (Å²) in [5, 5.41) is 2.24. The molecule has 0 aliphatic heterocycles. The first-order valence-electron chi connectivity index (χ1n) is 16.3. The predicted octanol–water partition coefficient (Wildman–Crippen LogP) is 11.2. The van der Waals surface area contributed by atoms with Crippen molar-refractivity contribution in [3.05, 3.63) is 157 Å². The fraction of sp³-hybridized carbons (Fsp3) is 0.0930. The van der Waals surface area contributed by atoms with Gasteiger partial charge in [0, 0.05) is 33.0 Å². The monoisotopic (exact) mass is 642 g/mol. The first-order valence-corrected chi connectivity index (χ1v) is 16.3. The summed E-state index contributed by atoms with van der Waals surface area (Å²) < 4.78 is 32.0. The molecule has 0 saturated carbocycles. The highest BCUT2D eigenvalue weighted by atomic mass is 19.2. The van der Waals surface area contributed by atoms with E-state index in [-0.39, 0.29) is 11.0 Å². The number of para-hydroxylation sites is 1. The standard InChI is InChI=1S/C43H32F2N4/c1-43(2,3)30-22-24-37-33(26-30)32-17-10-11-20-36(32)49(37)38-23-21-29(31-18-12-19-35(44)39(31)45)25-34(38)42-47-40(27-13-6-4-7-14-27)46-41(48-42)28-15-8-5-9-16-28/h4-26H,1-3H3. The molecule has 49 heavy (non-hydrogen) atoms. The van der Waals surface area contributed by atoms with Crippen LogP contribution in [0.5, 0.6) is 0 Å². The van der Waals surface area contributed by atoms with Gasteiger partial charge in [0.05, 0.1) is 16.7 Å². The van der Waals surface area contributed by atoms with Crippen LogP contribution >= 0.6 is 0 Å². The van der Waals surface area contributed by atoms with E-state index in [1.165, 1.54) is 11.6 Å². The Bertz CT molecular complexity index is 2440. The van der Waals surface area contributed by atoms with Crippen LogP contribution in [0.1, 0.15) is 26.3 Å². The molecule has 238 valence electrons. The largest absolute Gasteiger partial charge is 0.309 e. The SMILES string of the molecule is CC(C)(C)c1ccc2c(c1)c1ccccc1n2-c1ccc(-c2cccc(F)c2F)cc1-c1nc(-c2ccccc2)nc(-c2ccccc2)n1. The fourth-order valence-corrected chi connectivity index (χ4v) is 6.43. The van der Waals surface area contributed by atoms with Crippen LogP contribution in [0, 0.1) is 11.6 Å². The molecular formula is C43H32F2N4. The highest BCUT2D eigenvalue weighted by Gasteiger charge is 2.22. The molecule has 2 heterocycles. The summed E-state index contributed by atoms with van der Waals surface area (Å²) in [4.78, 5) is 15.0. The van der Waals surface area contributed by atoms with Gasteiger partial charge >= 0.3 is 0 Å². The molecule has 8 aromatic rings. The zero-order chi connectivity index (χ0) is 33.7. The zero-order valence-corrected chi connectivity index (χ0v) is 27.3. The van der Waals surface area contributed by atoms with Crippen LogP contribution in [0.4, 0.5) is 8.78 Å². The van der Waals surface area contributed by atoms with Crippen molar-refractivity contribution in [1.82, 2.24) is 19.5 Å². The summed E-state index contributed by atoms with van der Waals surface area (Å²) in [6.45, 7) is 6.64. The second kappa shape index (κ2) is 11.9. The van der Waals surface area contributed by atoms with E-state index < -0.39 is 11.6 Å². The average molecular weight is 643 g/mol. The molecule has 8 rings (SSSR count). The van der Waals surface area contributed by atoms with E-state index in [9.17, 15) is 4.39 Å². The molecule has 4 nitrogen and oxygen atoms in total. The molecule has 0 aliphatic carbocycles. The van der Waals surface area contributed by atoms with Crippen LogP contribution in [0.3, 0.4) is 0 Å². The molecular weight excluding hydrogens is 610 g/mol. The van der Waals surface area contributed by atoms with Crippen molar-refractivity contribution >= 4 is 21.8 Å². The predicted molar refractivity (Wildman–Crippen MR) is 195 cm³/mol. The van der Waals surface area contributed by atoms with Crippen molar-refractivity contribution < 1.29 is 8.78 Å². The second-order valence-electron chi connectivity index (χ2n) is 13.2. The Balaban J connectivity index is 1.46. The molecule has 0 spiro atoms. The van der Waals surface area contributed by atoms with Crippen LogP contribution in [0.15, 0.2) is 140 Å². The van der Waals surface area contributed by atoms with E-state index in [0.717, 1.165) is 44.7 Å². The molecule has 0 amide bonds. The van der Waals surface area contributed by atoms with Gasteiger partial charge in [0.15, 0.2) is 29.1 Å². The van der Waals surface area contributed by atoms with Crippen LogP contribution < -0.4 is 0 Å². The Hall–Kier alpha value is -6.01. The maximum absolute atomic E-state index is 15.3. The number of fused-ring (bicyclic) bond motifs is 3. The van der Waals surface area contributed by atoms with Crippen molar-refractivity contribution in [2.45, 2.75) is 26.2 Å². The second-order valence-corrected chi connectivity index (χ2v) is 13.2. The van der Waals surface area contributed by atoms with E-state index in [0.29, 0.717) is 28.6 Å². The Morgan fingerprint density at radius 2 is 1.10 bits per heavy atom. The van der Waals surface area contributed by atoms with Gasteiger partial charge in [-0.25, -0.2) is 23.7 Å². The van der Waals surface area contributed by atoms with E-state index >= 15 is 4.39 Å². The van der Waals surface area contributed by atoms with Crippen molar-refractivity contribution in [2.75, 3.05) is 0 Å². The van der Waals surface area contributed by atoms with Gasteiger partial charge in [0.25, 0.3) is 0 Å². The summed E-state index contributed by atoms with van der Waals surface area (Å²) in [5.74, 6) is -0.375. The average Bonchev–Trinajstić information content (AvgIpc) is 3.46. The lowest BCUT2D eigenvalue weighted by Crippen LogP contribution is -2.10. The number of rotatable bonds is 5. The van der Waals surface area contributed by atoms with Gasteiger partial charge in [-0.15, -0.1) is 0 Å². The highest BCUT2D eigenvalue weighted by molar-refractivity contribution is 6.10. The minimum Gasteiger partial charge on any atom is -0.309 e. The van der Waals surface area contributed by atoms with Crippen molar-refractivity contribution in [1.29, 1.82) is 0 Å². The van der Waals surface area contributed by atoms with Crippen molar-refractivity contribution in [2.24, 2.45) is 0 Å². The molecule has 0 fully saturated rings. The van der Waals surface area contributed by atoms with E-state index in [1.54, 1.807) is 6.07 Å². The number of nitrogens with zero attached hydrogens (tertiary/aromatic N) is 4. The lowest BCUT2D eigenvalue weighted by atomic mass is 9.86. The Morgan fingerprint density at radius 3 is 1.78 bits per heavy atom. The van der Waals surface area contributed by atoms with Crippen molar-refractivity contribution in [3.8, 4) is 51.0 Å². The normalized spacial score (nSPS) is 11.8. The maximum Gasteiger partial charge on any atom is 0.166 e. The van der Waals surface area contributed by atoms with Gasteiger partial charge in [0.2, 0.25) is 0 Å². The van der Waals surface area contributed by atoms with Crippen molar-refractivity contribution in [3.63, 3.8) is 0 Å². The lowest BCUT2D eigenvalue weighted by Gasteiger charge is -2.19. The van der Waals surface area contributed by atoms with Crippen LogP contribution in [-0.4, -0.2) is 19.5 Å². The molecule has 6 heteroatoms. The third-order valence-corrected chi connectivity index (χ3v) is 8.98. The summed E-state index contributed by atoms with van der Waals surface area (Å²) in [5.41, 5.74) is 7.02. The molecule has 0 unspecified atom stereocenters. The molecule has 6 aromatic carbocycles. The first-order chi connectivity index (χ1) is 23.8. The topological polar surface area (TPSA) is 43.6 Å². The number of benzene rings is 6. The minimum absolute atomic E-state index is 0.0359. The Kier molecular flexibility index (Phi) is 7.37. The Labute approximate surface area is 283 Å². The summed E-state index contributed by atoms with van der Waals surface area (Å²) in [6.07, 6.45) is 0. The summed E-state index contributed by atoms with van der Waals surface area (Å²) >= 11 is 0. The van der Waals surface area contributed by atoms with Crippen LogP contribution in [-0.2, 0) is 5.41 Å². The smallest absolute Gasteiger partial charge is 0.166 e. The number of halogens is 2. The molecule has 0 aliphatic rings. The van der Waals surface area contributed by atoms with Crippen LogP contribution in [0.25, 0.3) is 72.8 Å². The number of aromatic nitrogens is 4. The highest BCUT2D eigenvalue weighted by Crippen LogP contribution is 2.40. The van der Waals surface area contributed by atoms with Gasteiger partial charge in [0.1, 0.15) is 0 Å².